The van der Waals surface area contributed by atoms with Gasteiger partial charge in [0.1, 0.15) is 5.75 Å². The highest BCUT2D eigenvalue weighted by atomic mass is 16.5. The van der Waals surface area contributed by atoms with Crippen LogP contribution in [0.1, 0.15) is 62.1 Å². The Balaban J connectivity index is 1.43. The summed E-state index contributed by atoms with van der Waals surface area (Å²) in [6.45, 7) is 7.25. The van der Waals surface area contributed by atoms with Crippen LogP contribution in [0.25, 0.3) is 0 Å². The molecule has 1 unspecified atom stereocenters. The lowest BCUT2D eigenvalue weighted by molar-refractivity contribution is -0.122. The van der Waals surface area contributed by atoms with Crippen LogP contribution in [0.3, 0.4) is 0 Å². The number of piperidine rings is 1. The molecular formula is C26H34N2O2. The van der Waals surface area contributed by atoms with Crippen LogP contribution in [-0.4, -0.2) is 37.0 Å². The minimum absolute atomic E-state index is 0.179. The van der Waals surface area contributed by atoms with Crippen molar-refractivity contribution in [1.82, 2.24) is 10.2 Å². The highest BCUT2D eigenvalue weighted by molar-refractivity contribution is 5.77. The fourth-order valence-electron chi connectivity index (χ4n) is 5.42. The molecule has 1 spiro atoms. The van der Waals surface area contributed by atoms with Gasteiger partial charge < -0.3 is 10.1 Å². The zero-order chi connectivity index (χ0) is 21.1. The predicted molar refractivity (Wildman–Crippen MR) is 121 cm³/mol. The Bertz CT molecular complexity index is 867. The van der Waals surface area contributed by atoms with E-state index in [4.69, 9.17) is 4.74 Å². The number of nitrogens with one attached hydrogen (secondary N) is 1. The van der Waals surface area contributed by atoms with Gasteiger partial charge in [0, 0.05) is 19.0 Å². The minimum atomic E-state index is 0.179. The van der Waals surface area contributed by atoms with Gasteiger partial charge in [-0.3, -0.25) is 9.69 Å². The van der Waals surface area contributed by atoms with Gasteiger partial charge in [-0.2, -0.15) is 0 Å². The number of carbonyl (C=O) groups excluding carboxylic acids is 1. The molecule has 2 aromatic rings. The highest BCUT2D eigenvalue weighted by Crippen LogP contribution is 2.52. The second-order valence-electron chi connectivity index (χ2n) is 9.32. The third-order valence-corrected chi connectivity index (χ3v) is 6.87. The number of benzene rings is 2. The van der Waals surface area contributed by atoms with E-state index in [0.29, 0.717) is 12.3 Å². The summed E-state index contributed by atoms with van der Waals surface area (Å²) < 4.78 is 5.27. The molecule has 1 aliphatic heterocycles. The molecule has 0 radical (unpaired) electrons. The normalized spacial score (nSPS) is 20.3. The molecule has 1 fully saturated rings. The molecule has 2 aromatic carbocycles. The number of carbonyl (C=O) groups is 1. The van der Waals surface area contributed by atoms with Gasteiger partial charge in [0.05, 0.1) is 7.11 Å². The first-order valence-electron chi connectivity index (χ1n) is 11.2. The van der Waals surface area contributed by atoms with E-state index >= 15 is 0 Å². The summed E-state index contributed by atoms with van der Waals surface area (Å²) in [6, 6.07) is 17.5. The van der Waals surface area contributed by atoms with Gasteiger partial charge in [-0.05, 0) is 86.4 Å². The van der Waals surface area contributed by atoms with Crippen LogP contribution in [0.4, 0.5) is 0 Å². The number of hydrogen-bond acceptors (Lipinski definition) is 3. The first-order chi connectivity index (χ1) is 14.5. The Hall–Kier alpha value is -2.33. The Labute approximate surface area is 180 Å². The molecule has 4 rings (SSSR count). The number of amides is 1. The van der Waals surface area contributed by atoms with Crippen molar-refractivity contribution < 1.29 is 9.53 Å². The van der Waals surface area contributed by atoms with Crippen LogP contribution >= 0.6 is 0 Å². The molecule has 30 heavy (non-hydrogen) atoms. The summed E-state index contributed by atoms with van der Waals surface area (Å²) >= 11 is 0. The fraction of sp³-hybridized carbons (Fsp3) is 0.500. The van der Waals surface area contributed by atoms with Crippen molar-refractivity contribution in [2.24, 2.45) is 0 Å². The van der Waals surface area contributed by atoms with Crippen molar-refractivity contribution in [3.63, 3.8) is 0 Å². The van der Waals surface area contributed by atoms with E-state index in [0.717, 1.165) is 31.8 Å². The molecule has 1 aliphatic carbocycles. The Morgan fingerprint density at radius 1 is 1.13 bits per heavy atom. The summed E-state index contributed by atoms with van der Waals surface area (Å²) in [7, 11) is 1.71. The third-order valence-electron chi connectivity index (χ3n) is 6.87. The van der Waals surface area contributed by atoms with E-state index in [1.54, 1.807) is 7.11 Å². The average molecular weight is 407 g/mol. The molecule has 1 amide bonds. The fourth-order valence-corrected chi connectivity index (χ4v) is 5.42. The zero-order valence-electron chi connectivity index (χ0n) is 18.5. The third kappa shape index (κ3) is 4.39. The van der Waals surface area contributed by atoms with Gasteiger partial charge in [-0.25, -0.2) is 0 Å². The van der Waals surface area contributed by atoms with Crippen LogP contribution < -0.4 is 10.1 Å². The number of rotatable bonds is 6. The zero-order valence-corrected chi connectivity index (χ0v) is 18.5. The number of nitrogens with zero attached hydrogens (tertiary/aromatic N) is 1. The second-order valence-corrected chi connectivity index (χ2v) is 9.32. The maximum Gasteiger partial charge on any atom is 0.220 e. The minimum Gasteiger partial charge on any atom is -0.497 e. The van der Waals surface area contributed by atoms with Gasteiger partial charge in [0.15, 0.2) is 0 Å². The molecule has 1 atom stereocenters. The molecule has 160 valence electrons. The number of fused-ring (bicyclic) bond motifs is 2. The van der Waals surface area contributed by atoms with E-state index < -0.39 is 0 Å². The highest BCUT2D eigenvalue weighted by Gasteiger charge is 2.45. The molecule has 1 heterocycles. The lowest BCUT2D eigenvalue weighted by Gasteiger charge is -2.40. The number of methoxy groups -OCH3 is 1. The first-order valence-corrected chi connectivity index (χ1v) is 11.2. The van der Waals surface area contributed by atoms with Crippen LogP contribution in [0.15, 0.2) is 48.5 Å². The second kappa shape index (κ2) is 8.81. The van der Waals surface area contributed by atoms with Gasteiger partial charge in [0.2, 0.25) is 5.91 Å². The predicted octanol–water partition coefficient (Wildman–Crippen LogP) is 4.63. The number of hydrogen-bond donors (Lipinski definition) is 1. The number of ether oxygens (including phenoxy) is 1. The SMILES string of the molecule is COc1ccc(CN2CCC3(CC2)CC(CC(=O)NC(C)C)c2ccccc23)cc1. The maximum absolute atomic E-state index is 12.5. The smallest absolute Gasteiger partial charge is 0.220 e. The molecule has 4 nitrogen and oxygen atoms in total. The molecule has 0 aromatic heterocycles. The van der Waals surface area contributed by atoms with Crippen molar-refractivity contribution in [2.75, 3.05) is 20.2 Å². The molecule has 1 N–H and O–H groups in total. The van der Waals surface area contributed by atoms with Gasteiger partial charge in [-0.15, -0.1) is 0 Å². The Morgan fingerprint density at radius 3 is 2.50 bits per heavy atom. The summed E-state index contributed by atoms with van der Waals surface area (Å²) in [4.78, 5) is 15.0. The van der Waals surface area contributed by atoms with E-state index in [1.807, 2.05) is 26.0 Å². The van der Waals surface area contributed by atoms with Gasteiger partial charge in [-0.1, -0.05) is 36.4 Å². The molecule has 0 saturated carbocycles. The van der Waals surface area contributed by atoms with E-state index in [1.165, 1.54) is 29.5 Å². The van der Waals surface area contributed by atoms with Crippen molar-refractivity contribution in [3.8, 4) is 5.75 Å². The van der Waals surface area contributed by atoms with Crippen LogP contribution in [0.5, 0.6) is 5.75 Å². The summed E-state index contributed by atoms with van der Waals surface area (Å²) in [5.74, 6) is 1.43. The Morgan fingerprint density at radius 2 is 1.83 bits per heavy atom. The molecule has 2 aliphatic rings. The van der Waals surface area contributed by atoms with Crippen molar-refractivity contribution in [2.45, 2.75) is 63.5 Å². The average Bonchev–Trinajstić information content (AvgIpc) is 3.03. The van der Waals surface area contributed by atoms with Crippen LogP contribution in [0, 0.1) is 0 Å². The maximum atomic E-state index is 12.5. The first kappa shape index (κ1) is 20.9. The lowest BCUT2D eigenvalue weighted by atomic mass is 9.73. The van der Waals surface area contributed by atoms with E-state index in [-0.39, 0.29) is 17.4 Å². The molecular weight excluding hydrogens is 372 g/mol. The van der Waals surface area contributed by atoms with Crippen LogP contribution in [0.2, 0.25) is 0 Å². The molecule has 0 bridgehead atoms. The topological polar surface area (TPSA) is 41.6 Å². The van der Waals surface area contributed by atoms with Gasteiger partial charge in [0.25, 0.3) is 0 Å². The van der Waals surface area contributed by atoms with Gasteiger partial charge >= 0.3 is 0 Å². The van der Waals surface area contributed by atoms with E-state index in [2.05, 4.69) is 46.6 Å². The molecule has 4 heteroatoms. The number of likely N-dealkylation sites (tertiary alicyclic amines) is 1. The monoisotopic (exact) mass is 406 g/mol. The summed E-state index contributed by atoms with van der Waals surface area (Å²) in [5.41, 5.74) is 4.47. The summed E-state index contributed by atoms with van der Waals surface area (Å²) in [5, 5.41) is 3.08. The van der Waals surface area contributed by atoms with Crippen molar-refractivity contribution in [3.05, 3.63) is 65.2 Å². The quantitative estimate of drug-likeness (QED) is 0.760. The van der Waals surface area contributed by atoms with Crippen molar-refractivity contribution in [1.29, 1.82) is 0 Å². The molecule has 1 saturated heterocycles. The Kier molecular flexibility index (Phi) is 6.14. The lowest BCUT2D eigenvalue weighted by Crippen LogP contribution is -2.41. The van der Waals surface area contributed by atoms with E-state index in [9.17, 15) is 4.79 Å². The largest absolute Gasteiger partial charge is 0.497 e. The van der Waals surface area contributed by atoms with Crippen molar-refractivity contribution >= 4 is 5.91 Å². The summed E-state index contributed by atoms with van der Waals surface area (Å²) in [6.07, 6.45) is 4.05. The standard InChI is InChI=1S/C26H34N2O2/c1-19(2)27-25(29)16-21-17-26(24-7-5-4-6-23(21)24)12-14-28(15-13-26)18-20-8-10-22(30-3)11-9-20/h4-11,19,21H,12-18H2,1-3H3,(H,27,29). The van der Waals surface area contributed by atoms with Crippen LogP contribution in [-0.2, 0) is 16.8 Å².